The van der Waals surface area contributed by atoms with Gasteiger partial charge in [-0.1, -0.05) is 36.6 Å². The van der Waals surface area contributed by atoms with E-state index in [0.29, 0.717) is 18.4 Å². The van der Waals surface area contributed by atoms with E-state index in [9.17, 15) is 23.1 Å². The van der Waals surface area contributed by atoms with Gasteiger partial charge in [0, 0.05) is 30.1 Å². The number of halogens is 4. The standard InChI is InChI=1S/C25H23ClF3N3O2/c26-23-19-14-31(20-4-1-2-5-21(20)33)24(34)18(19)13-16(22(23)25(27,28)29)12-15-6-8-17(9-7-15)32-11-3-10-30-32/h3,6-11,13,20-21,33H,1-2,4-5,12,14H2/t20-,21-/m1/s1. The lowest BCUT2D eigenvalue weighted by molar-refractivity contribution is -0.138. The summed E-state index contributed by atoms with van der Waals surface area (Å²) in [7, 11) is 0. The van der Waals surface area contributed by atoms with Crippen molar-refractivity contribution in [2.24, 2.45) is 0 Å². The molecule has 3 aromatic rings. The van der Waals surface area contributed by atoms with Gasteiger partial charge in [0.2, 0.25) is 0 Å². The number of aliphatic hydroxyl groups is 1. The minimum absolute atomic E-state index is 0.0172. The minimum Gasteiger partial charge on any atom is -0.391 e. The number of benzene rings is 2. The second kappa shape index (κ2) is 8.74. The van der Waals surface area contributed by atoms with Gasteiger partial charge in [0.05, 0.1) is 28.4 Å². The second-order valence-electron chi connectivity index (χ2n) is 8.89. The first-order valence-corrected chi connectivity index (χ1v) is 11.6. The molecule has 178 valence electrons. The third-order valence-electron chi connectivity index (χ3n) is 6.75. The van der Waals surface area contributed by atoms with Crippen molar-refractivity contribution >= 4 is 17.5 Å². The number of aromatic nitrogens is 2. The van der Waals surface area contributed by atoms with E-state index in [1.807, 2.05) is 0 Å². The van der Waals surface area contributed by atoms with Crippen LogP contribution >= 0.6 is 11.6 Å². The van der Waals surface area contributed by atoms with Crippen molar-refractivity contribution in [2.75, 3.05) is 0 Å². The molecule has 2 aliphatic rings. The van der Waals surface area contributed by atoms with E-state index in [1.54, 1.807) is 47.4 Å². The van der Waals surface area contributed by atoms with Crippen LogP contribution in [0.4, 0.5) is 13.2 Å². The van der Waals surface area contributed by atoms with Gasteiger partial charge in [-0.05, 0) is 54.7 Å². The van der Waals surface area contributed by atoms with Crippen LogP contribution in [0.3, 0.4) is 0 Å². The molecule has 0 spiro atoms. The van der Waals surface area contributed by atoms with Crippen molar-refractivity contribution < 1.29 is 23.1 Å². The fraction of sp³-hybridized carbons (Fsp3) is 0.360. The molecule has 9 heteroatoms. The number of aliphatic hydroxyl groups excluding tert-OH is 1. The lowest BCUT2D eigenvalue weighted by atomic mass is 9.91. The Morgan fingerprint density at radius 3 is 2.53 bits per heavy atom. The van der Waals surface area contributed by atoms with E-state index in [2.05, 4.69) is 5.10 Å². The highest BCUT2D eigenvalue weighted by atomic mass is 35.5. The van der Waals surface area contributed by atoms with Crippen LogP contribution in [0.15, 0.2) is 48.8 Å². The van der Waals surface area contributed by atoms with Crippen molar-refractivity contribution in [3.05, 3.63) is 81.6 Å². The van der Waals surface area contributed by atoms with E-state index in [4.69, 9.17) is 11.6 Å². The molecule has 1 aromatic heterocycles. The third kappa shape index (κ3) is 4.09. The van der Waals surface area contributed by atoms with E-state index in [0.717, 1.165) is 18.5 Å². The molecule has 0 radical (unpaired) electrons. The van der Waals surface area contributed by atoms with Gasteiger partial charge in [-0.25, -0.2) is 4.68 Å². The normalized spacial score (nSPS) is 20.6. The van der Waals surface area contributed by atoms with Gasteiger partial charge in [0.25, 0.3) is 5.91 Å². The molecule has 1 saturated carbocycles. The highest BCUT2D eigenvalue weighted by molar-refractivity contribution is 6.33. The number of fused-ring (bicyclic) bond motifs is 1. The van der Waals surface area contributed by atoms with Crippen molar-refractivity contribution in [3.8, 4) is 5.69 Å². The average molecular weight is 490 g/mol. The predicted molar refractivity (Wildman–Crippen MR) is 121 cm³/mol. The molecule has 2 heterocycles. The highest BCUT2D eigenvalue weighted by Gasteiger charge is 2.43. The number of carbonyl (C=O) groups is 1. The molecular formula is C25H23ClF3N3O2. The van der Waals surface area contributed by atoms with E-state index >= 15 is 0 Å². The Labute approximate surface area is 199 Å². The molecule has 5 rings (SSSR count). The Morgan fingerprint density at radius 1 is 1.15 bits per heavy atom. The van der Waals surface area contributed by atoms with Crippen LogP contribution in [-0.4, -0.2) is 37.8 Å². The van der Waals surface area contributed by atoms with Crippen LogP contribution in [0.2, 0.25) is 5.02 Å². The highest BCUT2D eigenvalue weighted by Crippen LogP contribution is 2.44. The maximum absolute atomic E-state index is 14.1. The second-order valence-corrected chi connectivity index (χ2v) is 9.27. The number of rotatable bonds is 4. The van der Waals surface area contributed by atoms with Gasteiger partial charge in [0.15, 0.2) is 0 Å². The molecule has 1 amide bonds. The van der Waals surface area contributed by atoms with Gasteiger partial charge >= 0.3 is 6.18 Å². The summed E-state index contributed by atoms with van der Waals surface area (Å²) in [5.41, 5.74) is 0.884. The Kier molecular flexibility index (Phi) is 5.90. The zero-order valence-electron chi connectivity index (χ0n) is 18.2. The summed E-state index contributed by atoms with van der Waals surface area (Å²) < 4.78 is 44.0. The Morgan fingerprint density at radius 2 is 1.88 bits per heavy atom. The van der Waals surface area contributed by atoms with E-state index < -0.39 is 28.9 Å². The maximum atomic E-state index is 14.1. The summed E-state index contributed by atoms with van der Waals surface area (Å²) in [4.78, 5) is 14.7. The minimum atomic E-state index is -4.67. The molecule has 0 bridgehead atoms. The smallest absolute Gasteiger partial charge is 0.391 e. The number of hydrogen-bond donors (Lipinski definition) is 1. The van der Waals surface area contributed by atoms with Crippen LogP contribution in [0, 0.1) is 0 Å². The number of carbonyl (C=O) groups excluding carboxylic acids is 1. The number of hydrogen-bond acceptors (Lipinski definition) is 3. The average Bonchev–Trinajstić information content (AvgIpc) is 3.43. The first-order valence-electron chi connectivity index (χ1n) is 11.2. The molecule has 5 nitrogen and oxygen atoms in total. The monoisotopic (exact) mass is 489 g/mol. The molecule has 1 aliphatic carbocycles. The summed E-state index contributed by atoms with van der Waals surface area (Å²) in [6.07, 6.45) is 0.975. The SMILES string of the molecule is O=C1c2cc(Cc3ccc(-n4cccn4)cc3)c(C(F)(F)F)c(Cl)c2CN1[C@@H]1CCCC[C@H]1O. The quantitative estimate of drug-likeness (QED) is 0.534. The first-order chi connectivity index (χ1) is 16.2. The largest absolute Gasteiger partial charge is 0.418 e. The topological polar surface area (TPSA) is 58.4 Å². The Bertz CT molecular complexity index is 1210. The van der Waals surface area contributed by atoms with E-state index in [-0.39, 0.29) is 35.6 Å². The molecule has 2 aromatic carbocycles. The van der Waals surface area contributed by atoms with Gasteiger partial charge in [-0.3, -0.25) is 4.79 Å². The number of amides is 1. The van der Waals surface area contributed by atoms with Crippen LogP contribution in [0.5, 0.6) is 0 Å². The fourth-order valence-corrected chi connectivity index (χ4v) is 5.45. The van der Waals surface area contributed by atoms with Crippen molar-refractivity contribution in [1.82, 2.24) is 14.7 Å². The van der Waals surface area contributed by atoms with Crippen LogP contribution in [-0.2, 0) is 19.1 Å². The maximum Gasteiger partial charge on any atom is 0.418 e. The van der Waals surface area contributed by atoms with Gasteiger partial charge in [0.1, 0.15) is 0 Å². The van der Waals surface area contributed by atoms with Crippen molar-refractivity contribution in [3.63, 3.8) is 0 Å². The molecular weight excluding hydrogens is 467 g/mol. The fourth-order valence-electron chi connectivity index (χ4n) is 5.06. The van der Waals surface area contributed by atoms with Crippen molar-refractivity contribution in [1.29, 1.82) is 0 Å². The molecule has 1 fully saturated rings. The summed E-state index contributed by atoms with van der Waals surface area (Å²) in [6.45, 7) is -0.0172. The number of nitrogens with zero attached hydrogens (tertiary/aromatic N) is 3. The molecule has 0 saturated heterocycles. The molecule has 34 heavy (non-hydrogen) atoms. The third-order valence-corrected chi connectivity index (χ3v) is 7.16. The summed E-state index contributed by atoms with van der Waals surface area (Å²) >= 11 is 6.34. The van der Waals surface area contributed by atoms with Gasteiger partial charge < -0.3 is 10.0 Å². The lowest BCUT2D eigenvalue weighted by Crippen LogP contribution is -2.45. The molecule has 2 atom stereocenters. The van der Waals surface area contributed by atoms with Crippen LogP contribution in [0.25, 0.3) is 5.69 Å². The van der Waals surface area contributed by atoms with Crippen molar-refractivity contribution in [2.45, 2.75) is 57.0 Å². The lowest BCUT2D eigenvalue weighted by Gasteiger charge is -2.35. The van der Waals surface area contributed by atoms with Gasteiger partial charge in [-0.15, -0.1) is 0 Å². The first kappa shape index (κ1) is 22.9. The zero-order chi connectivity index (χ0) is 24.0. The zero-order valence-corrected chi connectivity index (χ0v) is 19.0. The number of alkyl halides is 3. The predicted octanol–water partition coefficient (Wildman–Crippen LogP) is 5.39. The Hall–Kier alpha value is -2.84. The van der Waals surface area contributed by atoms with Gasteiger partial charge in [-0.2, -0.15) is 18.3 Å². The Balaban J connectivity index is 1.50. The summed E-state index contributed by atoms with van der Waals surface area (Å²) in [5.74, 6) is -0.369. The molecule has 0 unspecified atom stereocenters. The molecule has 1 N–H and O–H groups in total. The molecule has 1 aliphatic heterocycles. The van der Waals surface area contributed by atoms with E-state index in [1.165, 1.54) is 11.0 Å². The summed E-state index contributed by atoms with van der Waals surface area (Å²) in [5, 5.41) is 14.1. The van der Waals surface area contributed by atoms with Crippen LogP contribution in [0.1, 0.15) is 58.3 Å². The summed E-state index contributed by atoms with van der Waals surface area (Å²) in [6, 6.07) is 9.75. The van der Waals surface area contributed by atoms with Crippen LogP contribution < -0.4 is 0 Å².